The number of epoxide rings is 1. The summed E-state index contributed by atoms with van der Waals surface area (Å²) < 4.78 is 11.5. The van der Waals surface area contributed by atoms with Gasteiger partial charge >= 0.3 is 0 Å². The quantitative estimate of drug-likeness (QED) is 0.482. The van der Waals surface area contributed by atoms with E-state index < -0.39 is 5.60 Å². The van der Waals surface area contributed by atoms with Crippen molar-refractivity contribution in [2.45, 2.75) is 64.0 Å². The number of amides is 3. The van der Waals surface area contributed by atoms with Gasteiger partial charge in [-0.25, -0.2) is 0 Å². The van der Waals surface area contributed by atoms with E-state index in [9.17, 15) is 14.4 Å². The van der Waals surface area contributed by atoms with Gasteiger partial charge in [-0.2, -0.15) is 0 Å². The standard InChI is InChI=1S/C19H26N2O5/c1-18(2,21-16(24)6-5-13-17(21)26-13)10-12-25-19(3,4)9-11-20-14(22)7-8-15(20)23/h5-8,13,17H,9-12H2,1-4H3. The molecule has 26 heavy (non-hydrogen) atoms. The van der Waals surface area contributed by atoms with Gasteiger partial charge in [0, 0.05) is 36.9 Å². The van der Waals surface area contributed by atoms with Crippen LogP contribution in [0.25, 0.3) is 0 Å². The van der Waals surface area contributed by atoms with Gasteiger partial charge in [0.05, 0.1) is 5.60 Å². The smallest absolute Gasteiger partial charge is 0.253 e. The maximum Gasteiger partial charge on any atom is 0.253 e. The molecule has 0 bridgehead atoms. The fourth-order valence-electron chi connectivity index (χ4n) is 3.29. The number of carbonyl (C=O) groups is 3. The first-order valence-corrected chi connectivity index (χ1v) is 8.95. The van der Waals surface area contributed by atoms with Gasteiger partial charge in [-0.1, -0.05) is 0 Å². The van der Waals surface area contributed by atoms with Crippen LogP contribution in [-0.2, 0) is 23.9 Å². The third-order valence-electron chi connectivity index (χ3n) is 5.12. The van der Waals surface area contributed by atoms with Gasteiger partial charge in [0.15, 0.2) is 6.23 Å². The second kappa shape index (κ2) is 6.63. The molecule has 0 aromatic carbocycles. The first kappa shape index (κ1) is 18.8. The van der Waals surface area contributed by atoms with Crippen LogP contribution in [0.2, 0.25) is 0 Å². The predicted molar refractivity (Wildman–Crippen MR) is 93.9 cm³/mol. The third-order valence-corrected chi connectivity index (χ3v) is 5.12. The molecule has 0 N–H and O–H groups in total. The number of hydrogen-bond donors (Lipinski definition) is 0. The van der Waals surface area contributed by atoms with E-state index in [2.05, 4.69) is 0 Å². The zero-order valence-corrected chi connectivity index (χ0v) is 15.7. The number of carbonyl (C=O) groups excluding carboxylic acids is 3. The van der Waals surface area contributed by atoms with E-state index in [1.54, 1.807) is 17.1 Å². The molecule has 1 saturated heterocycles. The van der Waals surface area contributed by atoms with Crippen molar-refractivity contribution in [2.24, 2.45) is 0 Å². The molecule has 0 aromatic heterocycles. The van der Waals surface area contributed by atoms with Crippen molar-refractivity contribution in [3.05, 3.63) is 24.3 Å². The zero-order chi connectivity index (χ0) is 19.1. The van der Waals surface area contributed by atoms with Crippen LogP contribution >= 0.6 is 0 Å². The summed E-state index contributed by atoms with van der Waals surface area (Å²) in [5.74, 6) is -0.586. The highest BCUT2D eigenvalue weighted by atomic mass is 16.6. The predicted octanol–water partition coefficient (Wildman–Crippen LogP) is 1.39. The highest BCUT2D eigenvalue weighted by Crippen LogP contribution is 2.37. The summed E-state index contributed by atoms with van der Waals surface area (Å²) in [5.41, 5.74) is -0.869. The minimum atomic E-state index is -0.482. The molecule has 0 aliphatic carbocycles. The van der Waals surface area contributed by atoms with Crippen molar-refractivity contribution >= 4 is 17.7 Å². The van der Waals surface area contributed by atoms with E-state index in [1.807, 2.05) is 27.7 Å². The van der Waals surface area contributed by atoms with Crippen LogP contribution in [0.5, 0.6) is 0 Å². The summed E-state index contributed by atoms with van der Waals surface area (Å²) >= 11 is 0. The lowest BCUT2D eigenvalue weighted by Crippen LogP contribution is -2.51. The van der Waals surface area contributed by atoms with E-state index in [0.717, 1.165) is 0 Å². The van der Waals surface area contributed by atoms with E-state index in [-0.39, 0.29) is 35.6 Å². The molecule has 0 spiro atoms. The molecule has 7 heteroatoms. The summed E-state index contributed by atoms with van der Waals surface area (Å²) in [6.07, 6.45) is 7.01. The van der Waals surface area contributed by atoms with E-state index in [1.165, 1.54) is 17.1 Å². The Kier molecular flexibility index (Phi) is 4.79. The Labute approximate surface area is 153 Å². The number of nitrogens with zero attached hydrogens (tertiary/aromatic N) is 2. The molecule has 2 unspecified atom stereocenters. The Hall–Kier alpha value is -1.99. The fourth-order valence-corrected chi connectivity index (χ4v) is 3.29. The zero-order valence-electron chi connectivity index (χ0n) is 15.7. The number of fused-ring (bicyclic) bond motifs is 1. The Morgan fingerprint density at radius 1 is 1.00 bits per heavy atom. The van der Waals surface area contributed by atoms with Crippen molar-refractivity contribution in [3.63, 3.8) is 0 Å². The second-order valence-corrected chi connectivity index (χ2v) is 8.14. The lowest BCUT2D eigenvalue weighted by molar-refractivity contribution is -0.137. The Morgan fingerprint density at radius 3 is 2.31 bits per heavy atom. The summed E-state index contributed by atoms with van der Waals surface area (Å²) in [4.78, 5) is 38.4. The van der Waals surface area contributed by atoms with Gasteiger partial charge in [0.2, 0.25) is 5.91 Å². The lowest BCUT2D eigenvalue weighted by Gasteiger charge is -2.39. The van der Waals surface area contributed by atoms with Gasteiger partial charge in [-0.15, -0.1) is 0 Å². The molecule has 1 fully saturated rings. The van der Waals surface area contributed by atoms with Gasteiger partial charge in [-0.05, 0) is 46.6 Å². The third kappa shape index (κ3) is 3.88. The van der Waals surface area contributed by atoms with Crippen LogP contribution in [-0.4, -0.2) is 64.1 Å². The van der Waals surface area contributed by atoms with Crippen LogP contribution in [0.4, 0.5) is 0 Å². The average molecular weight is 362 g/mol. The van der Waals surface area contributed by atoms with Crippen LogP contribution in [0.3, 0.4) is 0 Å². The SMILES string of the molecule is CC(C)(CCN1C(=O)C=CC1=O)OCCC(C)(C)N1C(=O)C=CC2OC21. The second-order valence-electron chi connectivity index (χ2n) is 8.14. The molecule has 3 rings (SSSR count). The molecule has 142 valence electrons. The molecule has 2 atom stereocenters. The summed E-state index contributed by atoms with van der Waals surface area (Å²) in [6, 6.07) is 0. The van der Waals surface area contributed by atoms with Crippen molar-refractivity contribution in [3.8, 4) is 0 Å². The first-order valence-electron chi connectivity index (χ1n) is 8.95. The Morgan fingerprint density at radius 2 is 1.65 bits per heavy atom. The summed E-state index contributed by atoms with van der Waals surface area (Å²) in [5, 5.41) is 0. The number of hydrogen-bond acceptors (Lipinski definition) is 5. The molecule has 0 saturated carbocycles. The fraction of sp³-hybridized carbons (Fsp3) is 0.632. The number of ether oxygens (including phenoxy) is 2. The van der Waals surface area contributed by atoms with Gasteiger partial charge in [0.1, 0.15) is 6.10 Å². The first-order chi connectivity index (χ1) is 12.1. The average Bonchev–Trinajstić information content (AvgIpc) is 3.24. The molecular formula is C19H26N2O5. The van der Waals surface area contributed by atoms with Crippen molar-refractivity contribution in [1.29, 1.82) is 0 Å². The van der Waals surface area contributed by atoms with Crippen LogP contribution in [0.15, 0.2) is 24.3 Å². The molecule has 7 nitrogen and oxygen atoms in total. The van der Waals surface area contributed by atoms with Crippen molar-refractivity contribution < 1.29 is 23.9 Å². The molecular weight excluding hydrogens is 336 g/mol. The molecule has 3 heterocycles. The van der Waals surface area contributed by atoms with E-state index in [0.29, 0.717) is 26.0 Å². The number of rotatable bonds is 8. The maximum atomic E-state index is 12.2. The van der Waals surface area contributed by atoms with Gasteiger partial charge in [-0.3, -0.25) is 19.3 Å². The summed E-state index contributed by atoms with van der Waals surface area (Å²) in [7, 11) is 0. The minimum absolute atomic E-state index is 0.0217. The normalized spacial score (nSPS) is 25.3. The molecule has 3 aliphatic rings. The Bertz CT molecular complexity index is 661. The molecule has 3 aliphatic heterocycles. The molecule has 0 aromatic rings. The topological polar surface area (TPSA) is 79.5 Å². The monoisotopic (exact) mass is 362 g/mol. The van der Waals surface area contributed by atoms with Crippen molar-refractivity contribution in [1.82, 2.24) is 9.80 Å². The van der Waals surface area contributed by atoms with Crippen molar-refractivity contribution in [2.75, 3.05) is 13.2 Å². The van der Waals surface area contributed by atoms with E-state index in [4.69, 9.17) is 9.47 Å². The molecule has 0 radical (unpaired) electrons. The largest absolute Gasteiger partial charge is 0.375 e. The van der Waals surface area contributed by atoms with Crippen LogP contribution in [0, 0.1) is 0 Å². The maximum absolute atomic E-state index is 12.2. The van der Waals surface area contributed by atoms with Gasteiger partial charge < -0.3 is 14.4 Å². The van der Waals surface area contributed by atoms with Gasteiger partial charge in [0.25, 0.3) is 11.8 Å². The lowest BCUT2D eigenvalue weighted by atomic mass is 9.96. The highest BCUT2D eigenvalue weighted by Gasteiger charge is 2.51. The number of imide groups is 1. The minimum Gasteiger partial charge on any atom is -0.375 e. The molecule has 3 amide bonds. The van der Waals surface area contributed by atoms with E-state index >= 15 is 0 Å². The highest BCUT2D eigenvalue weighted by molar-refractivity contribution is 6.12. The summed E-state index contributed by atoms with van der Waals surface area (Å²) in [6.45, 7) is 8.68. The van der Waals surface area contributed by atoms with Crippen LogP contribution < -0.4 is 0 Å². The Balaban J connectivity index is 1.47. The van der Waals surface area contributed by atoms with Crippen LogP contribution in [0.1, 0.15) is 40.5 Å².